The molecule has 3 aromatic rings. The average Bonchev–Trinajstić information content (AvgIpc) is 3.12. The van der Waals surface area contributed by atoms with E-state index in [2.05, 4.69) is 33.7 Å². The highest BCUT2D eigenvalue weighted by Crippen LogP contribution is 2.24. The molecular formula is C19H23N5O. The van der Waals surface area contributed by atoms with E-state index < -0.39 is 0 Å². The number of anilines is 1. The SMILES string of the molecule is COc1ccc(-c2nc(C)cc(N(Cc3c[nH]cn3)C(C)C)n2)cc1. The van der Waals surface area contributed by atoms with Crippen molar-refractivity contribution in [1.29, 1.82) is 0 Å². The second kappa shape index (κ2) is 7.34. The number of methoxy groups -OCH3 is 1. The molecule has 0 saturated heterocycles. The van der Waals surface area contributed by atoms with Gasteiger partial charge in [0.2, 0.25) is 0 Å². The molecule has 6 heteroatoms. The zero-order valence-corrected chi connectivity index (χ0v) is 15.0. The van der Waals surface area contributed by atoms with E-state index in [1.54, 1.807) is 13.4 Å². The van der Waals surface area contributed by atoms with Gasteiger partial charge in [-0.2, -0.15) is 0 Å². The number of hydrogen-bond acceptors (Lipinski definition) is 5. The zero-order chi connectivity index (χ0) is 17.8. The van der Waals surface area contributed by atoms with Crippen LogP contribution in [0.1, 0.15) is 25.2 Å². The first kappa shape index (κ1) is 17.0. The summed E-state index contributed by atoms with van der Waals surface area (Å²) in [4.78, 5) is 18.9. The molecule has 0 aliphatic rings. The van der Waals surface area contributed by atoms with Crippen LogP contribution in [-0.4, -0.2) is 33.1 Å². The molecule has 0 aliphatic carbocycles. The predicted molar refractivity (Wildman–Crippen MR) is 98.7 cm³/mol. The summed E-state index contributed by atoms with van der Waals surface area (Å²) in [5.41, 5.74) is 2.88. The van der Waals surface area contributed by atoms with Crippen molar-refractivity contribution in [3.8, 4) is 17.1 Å². The largest absolute Gasteiger partial charge is 0.497 e. The summed E-state index contributed by atoms with van der Waals surface area (Å²) >= 11 is 0. The number of benzene rings is 1. The summed E-state index contributed by atoms with van der Waals surface area (Å²) in [5.74, 6) is 2.43. The maximum atomic E-state index is 5.22. The number of rotatable bonds is 6. The monoisotopic (exact) mass is 337 g/mol. The summed E-state index contributed by atoms with van der Waals surface area (Å²) in [7, 11) is 1.66. The molecule has 1 N–H and O–H groups in total. The molecule has 0 amide bonds. The molecule has 3 rings (SSSR count). The van der Waals surface area contributed by atoms with Gasteiger partial charge in [0.05, 0.1) is 25.7 Å². The summed E-state index contributed by atoms with van der Waals surface area (Å²) in [6, 6.07) is 10.1. The normalized spacial score (nSPS) is 10.9. The van der Waals surface area contributed by atoms with Gasteiger partial charge in [-0.25, -0.2) is 15.0 Å². The third kappa shape index (κ3) is 3.96. The fraction of sp³-hybridized carbons (Fsp3) is 0.316. The second-order valence-corrected chi connectivity index (χ2v) is 6.20. The van der Waals surface area contributed by atoms with Gasteiger partial charge in [-0.05, 0) is 45.0 Å². The van der Waals surface area contributed by atoms with Crippen molar-refractivity contribution < 1.29 is 4.74 Å². The van der Waals surface area contributed by atoms with E-state index in [1.807, 2.05) is 43.5 Å². The van der Waals surface area contributed by atoms with Crippen molar-refractivity contribution in [1.82, 2.24) is 19.9 Å². The lowest BCUT2D eigenvalue weighted by Crippen LogP contribution is -2.31. The summed E-state index contributed by atoms with van der Waals surface area (Å²) in [5, 5.41) is 0. The van der Waals surface area contributed by atoms with Gasteiger partial charge in [0.1, 0.15) is 11.6 Å². The van der Waals surface area contributed by atoms with E-state index in [1.165, 1.54) is 0 Å². The van der Waals surface area contributed by atoms with Gasteiger partial charge in [-0.3, -0.25) is 0 Å². The molecule has 0 bridgehead atoms. The molecule has 0 unspecified atom stereocenters. The van der Waals surface area contributed by atoms with E-state index in [0.29, 0.717) is 12.4 Å². The highest BCUT2D eigenvalue weighted by molar-refractivity contribution is 5.59. The molecular weight excluding hydrogens is 314 g/mol. The molecule has 0 fully saturated rings. The number of H-pyrrole nitrogens is 1. The van der Waals surface area contributed by atoms with Crippen molar-refractivity contribution in [2.75, 3.05) is 12.0 Å². The number of imidazole rings is 1. The van der Waals surface area contributed by atoms with Crippen molar-refractivity contribution in [2.45, 2.75) is 33.4 Å². The van der Waals surface area contributed by atoms with Crippen LogP contribution < -0.4 is 9.64 Å². The van der Waals surface area contributed by atoms with Gasteiger partial charge in [-0.1, -0.05) is 0 Å². The Labute approximate surface area is 147 Å². The van der Waals surface area contributed by atoms with E-state index in [4.69, 9.17) is 9.72 Å². The Morgan fingerprint density at radius 1 is 1.16 bits per heavy atom. The number of hydrogen-bond donors (Lipinski definition) is 1. The second-order valence-electron chi connectivity index (χ2n) is 6.20. The first-order chi connectivity index (χ1) is 12.1. The third-order valence-electron chi connectivity index (χ3n) is 3.99. The summed E-state index contributed by atoms with van der Waals surface area (Å²) < 4.78 is 5.22. The molecule has 130 valence electrons. The third-order valence-corrected chi connectivity index (χ3v) is 3.99. The number of aromatic nitrogens is 4. The van der Waals surface area contributed by atoms with Crippen molar-refractivity contribution in [2.24, 2.45) is 0 Å². The van der Waals surface area contributed by atoms with E-state index in [9.17, 15) is 0 Å². The number of aryl methyl sites for hydroxylation is 1. The van der Waals surface area contributed by atoms with Crippen LogP contribution in [0.5, 0.6) is 5.75 Å². The van der Waals surface area contributed by atoms with Crippen LogP contribution in [-0.2, 0) is 6.54 Å². The molecule has 0 atom stereocenters. The first-order valence-corrected chi connectivity index (χ1v) is 8.31. The van der Waals surface area contributed by atoms with Crippen LogP contribution in [0.2, 0.25) is 0 Å². The Balaban J connectivity index is 1.96. The first-order valence-electron chi connectivity index (χ1n) is 8.31. The molecule has 2 aromatic heterocycles. The van der Waals surface area contributed by atoms with Crippen LogP contribution in [0.15, 0.2) is 42.9 Å². The van der Waals surface area contributed by atoms with Crippen molar-refractivity contribution >= 4 is 5.82 Å². The molecule has 0 spiro atoms. The quantitative estimate of drug-likeness (QED) is 0.744. The minimum absolute atomic E-state index is 0.287. The average molecular weight is 337 g/mol. The molecule has 0 saturated carbocycles. The molecule has 6 nitrogen and oxygen atoms in total. The lowest BCUT2D eigenvalue weighted by molar-refractivity contribution is 0.415. The maximum Gasteiger partial charge on any atom is 0.161 e. The Morgan fingerprint density at radius 2 is 1.92 bits per heavy atom. The van der Waals surface area contributed by atoms with Gasteiger partial charge in [0, 0.05) is 29.6 Å². The van der Waals surface area contributed by atoms with Crippen molar-refractivity contribution in [3.63, 3.8) is 0 Å². The van der Waals surface area contributed by atoms with E-state index in [-0.39, 0.29) is 6.04 Å². The number of aromatic amines is 1. The van der Waals surface area contributed by atoms with Crippen LogP contribution in [0, 0.1) is 6.92 Å². The molecule has 1 aromatic carbocycles. The fourth-order valence-electron chi connectivity index (χ4n) is 2.65. The Kier molecular flexibility index (Phi) is 4.97. The molecule has 0 radical (unpaired) electrons. The van der Waals surface area contributed by atoms with Gasteiger partial charge in [0.15, 0.2) is 5.82 Å². The van der Waals surface area contributed by atoms with Gasteiger partial charge in [0.25, 0.3) is 0 Å². The highest BCUT2D eigenvalue weighted by Gasteiger charge is 2.16. The summed E-state index contributed by atoms with van der Waals surface area (Å²) in [6.07, 6.45) is 3.61. The number of ether oxygens (including phenoxy) is 1. The van der Waals surface area contributed by atoms with E-state index >= 15 is 0 Å². The number of nitrogens with zero attached hydrogens (tertiary/aromatic N) is 4. The summed E-state index contributed by atoms with van der Waals surface area (Å²) in [6.45, 7) is 6.99. The molecule has 25 heavy (non-hydrogen) atoms. The topological polar surface area (TPSA) is 66.9 Å². The van der Waals surface area contributed by atoms with Crippen molar-refractivity contribution in [3.05, 3.63) is 54.2 Å². The Hall–Kier alpha value is -2.89. The fourth-order valence-corrected chi connectivity index (χ4v) is 2.65. The Bertz CT molecular complexity index is 812. The maximum absolute atomic E-state index is 5.22. The van der Waals surface area contributed by atoms with Gasteiger partial charge in [-0.15, -0.1) is 0 Å². The zero-order valence-electron chi connectivity index (χ0n) is 15.0. The highest BCUT2D eigenvalue weighted by atomic mass is 16.5. The molecule has 2 heterocycles. The lowest BCUT2D eigenvalue weighted by Gasteiger charge is -2.27. The minimum Gasteiger partial charge on any atom is -0.497 e. The molecule has 0 aliphatic heterocycles. The van der Waals surface area contributed by atoms with Crippen LogP contribution in [0.4, 0.5) is 5.82 Å². The van der Waals surface area contributed by atoms with Gasteiger partial charge >= 0.3 is 0 Å². The predicted octanol–water partition coefficient (Wildman–Crippen LogP) is 3.60. The number of nitrogens with one attached hydrogen (secondary N) is 1. The van der Waals surface area contributed by atoms with Crippen LogP contribution in [0.25, 0.3) is 11.4 Å². The lowest BCUT2D eigenvalue weighted by atomic mass is 10.2. The van der Waals surface area contributed by atoms with Gasteiger partial charge < -0.3 is 14.6 Å². The minimum atomic E-state index is 0.287. The Morgan fingerprint density at radius 3 is 2.52 bits per heavy atom. The standard InChI is InChI=1S/C19H23N5O/c1-13(2)24(11-16-10-20-12-21-16)18-9-14(3)22-19(23-18)15-5-7-17(25-4)8-6-15/h5-10,12-13H,11H2,1-4H3,(H,20,21). The van der Waals surface area contributed by atoms with E-state index in [0.717, 1.165) is 28.5 Å². The van der Waals surface area contributed by atoms with Crippen LogP contribution in [0.3, 0.4) is 0 Å². The van der Waals surface area contributed by atoms with Crippen LogP contribution >= 0.6 is 0 Å². The smallest absolute Gasteiger partial charge is 0.161 e.